The average molecular weight is 535 g/mol. The van der Waals surface area contributed by atoms with Gasteiger partial charge in [0.05, 0.1) is 10.0 Å². The molecule has 12 heteroatoms. The number of pyridine rings is 1. The lowest BCUT2D eigenvalue weighted by molar-refractivity contribution is 0.256. The van der Waals surface area contributed by atoms with Crippen LogP contribution >= 0.6 is 22.9 Å². The van der Waals surface area contributed by atoms with Crippen LogP contribution < -0.4 is 20.9 Å². The number of hydrogen-bond acceptors (Lipinski definition) is 6. The summed E-state index contributed by atoms with van der Waals surface area (Å²) in [7, 11) is -4.13. The Morgan fingerprint density at radius 1 is 1.09 bits per heavy atom. The van der Waals surface area contributed by atoms with Crippen LogP contribution in [-0.4, -0.2) is 25.6 Å². The van der Waals surface area contributed by atoms with Crippen LogP contribution in [0.2, 0.25) is 4.34 Å². The van der Waals surface area contributed by atoms with Gasteiger partial charge in [0.25, 0.3) is 15.6 Å². The van der Waals surface area contributed by atoms with E-state index in [1.54, 1.807) is 18.2 Å². The van der Waals surface area contributed by atoms with Crippen LogP contribution in [0.1, 0.15) is 13.3 Å². The van der Waals surface area contributed by atoms with Gasteiger partial charge in [0.15, 0.2) is 0 Å². The number of carbonyl (C=O) groups is 1. The Balaban J connectivity index is 1.54. The number of anilines is 2. The SMILES string of the molecule is CCCNc1ccc2c(=O)n(-c3ccc(NC(=O)NS(=O)(=O)c4ccc(Cl)s4)cc3F)ccc2c1. The summed E-state index contributed by atoms with van der Waals surface area (Å²) in [6, 6.07) is 12.3. The van der Waals surface area contributed by atoms with Crippen molar-refractivity contribution in [1.29, 1.82) is 0 Å². The molecule has 0 aliphatic heterocycles. The first-order valence-corrected chi connectivity index (χ1v) is 13.1. The van der Waals surface area contributed by atoms with E-state index in [9.17, 15) is 22.4 Å². The van der Waals surface area contributed by atoms with E-state index in [4.69, 9.17) is 11.6 Å². The van der Waals surface area contributed by atoms with Crippen LogP contribution in [0.4, 0.5) is 20.6 Å². The van der Waals surface area contributed by atoms with Crippen LogP contribution in [-0.2, 0) is 10.0 Å². The van der Waals surface area contributed by atoms with E-state index in [0.29, 0.717) is 5.39 Å². The third kappa shape index (κ3) is 5.47. The molecule has 8 nitrogen and oxygen atoms in total. The van der Waals surface area contributed by atoms with Crippen LogP contribution in [0.5, 0.6) is 0 Å². The number of rotatable bonds is 7. The summed E-state index contributed by atoms with van der Waals surface area (Å²) in [6.07, 6.45) is 2.44. The van der Waals surface area contributed by atoms with Crippen LogP contribution in [0.15, 0.2) is 69.8 Å². The monoisotopic (exact) mass is 534 g/mol. The Bertz CT molecular complexity index is 1580. The Morgan fingerprint density at radius 3 is 2.54 bits per heavy atom. The van der Waals surface area contributed by atoms with Gasteiger partial charge in [0, 0.05) is 29.5 Å². The molecule has 0 bridgehead atoms. The highest BCUT2D eigenvalue weighted by molar-refractivity contribution is 7.92. The molecule has 0 unspecified atom stereocenters. The average Bonchev–Trinajstić information content (AvgIpc) is 3.25. The van der Waals surface area contributed by atoms with Crippen LogP contribution in [0, 0.1) is 5.82 Å². The number of hydrogen-bond donors (Lipinski definition) is 3. The summed E-state index contributed by atoms with van der Waals surface area (Å²) in [5.74, 6) is -0.779. The summed E-state index contributed by atoms with van der Waals surface area (Å²) in [5, 5.41) is 6.67. The summed E-state index contributed by atoms with van der Waals surface area (Å²) < 4.78 is 42.5. The molecule has 35 heavy (non-hydrogen) atoms. The molecule has 0 radical (unpaired) electrons. The summed E-state index contributed by atoms with van der Waals surface area (Å²) in [4.78, 5) is 25.1. The normalized spacial score (nSPS) is 11.4. The predicted molar refractivity (Wildman–Crippen MR) is 137 cm³/mol. The van der Waals surface area contributed by atoms with E-state index in [0.717, 1.165) is 41.4 Å². The van der Waals surface area contributed by atoms with Crippen molar-refractivity contribution < 1.29 is 17.6 Å². The number of aromatic nitrogens is 1. The van der Waals surface area contributed by atoms with Crippen molar-refractivity contribution >= 4 is 61.1 Å². The second-order valence-corrected chi connectivity index (χ2v) is 11.1. The number of fused-ring (bicyclic) bond motifs is 1. The number of amides is 2. The molecule has 182 valence electrons. The van der Waals surface area contributed by atoms with Gasteiger partial charge in [0.2, 0.25) is 0 Å². The molecular formula is C23H20ClFN4O4S2. The number of sulfonamides is 1. The highest BCUT2D eigenvalue weighted by Crippen LogP contribution is 2.25. The van der Waals surface area contributed by atoms with E-state index < -0.39 is 27.4 Å². The molecule has 0 atom stereocenters. The Hall–Kier alpha value is -3.41. The lowest BCUT2D eigenvalue weighted by Gasteiger charge is -2.12. The lowest BCUT2D eigenvalue weighted by Crippen LogP contribution is -2.34. The molecular weight excluding hydrogens is 515 g/mol. The van der Waals surface area contributed by atoms with Gasteiger partial charge in [-0.25, -0.2) is 22.3 Å². The molecule has 2 aromatic heterocycles. The number of thiophene rings is 1. The van der Waals surface area contributed by atoms with Crippen molar-refractivity contribution in [3.63, 3.8) is 0 Å². The molecule has 2 amide bonds. The molecule has 0 saturated heterocycles. The van der Waals surface area contributed by atoms with Crippen molar-refractivity contribution in [1.82, 2.24) is 9.29 Å². The maximum atomic E-state index is 14.9. The first-order valence-electron chi connectivity index (χ1n) is 10.5. The van der Waals surface area contributed by atoms with Crippen molar-refractivity contribution in [3.8, 4) is 5.69 Å². The molecule has 0 fully saturated rings. The van der Waals surface area contributed by atoms with Gasteiger partial charge in [-0.3, -0.25) is 9.36 Å². The minimum Gasteiger partial charge on any atom is -0.385 e. The molecule has 2 heterocycles. The van der Waals surface area contributed by atoms with E-state index in [1.807, 2.05) is 10.8 Å². The highest BCUT2D eigenvalue weighted by atomic mass is 35.5. The summed E-state index contributed by atoms with van der Waals surface area (Å²) in [5.41, 5.74) is 0.476. The van der Waals surface area contributed by atoms with Crippen molar-refractivity contribution in [2.24, 2.45) is 0 Å². The predicted octanol–water partition coefficient (Wildman–Crippen LogP) is 5.18. The largest absolute Gasteiger partial charge is 0.385 e. The van der Waals surface area contributed by atoms with Gasteiger partial charge in [-0.1, -0.05) is 18.5 Å². The topological polar surface area (TPSA) is 109 Å². The fourth-order valence-electron chi connectivity index (χ4n) is 3.37. The molecule has 2 aromatic carbocycles. The quantitative estimate of drug-likeness (QED) is 0.303. The lowest BCUT2D eigenvalue weighted by atomic mass is 10.1. The number of benzene rings is 2. The Labute approximate surface area is 209 Å². The molecule has 0 spiro atoms. The number of halogens is 2. The Kier molecular flexibility index (Phi) is 7.10. The molecule has 0 aliphatic rings. The maximum absolute atomic E-state index is 14.9. The first kappa shape index (κ1) is 24.7. The summed E-state index contributed by atoms with van der Waals surface area (Å²) in [6.45, 7) is 2.86. The highest BCUT2D eigenvalue weighted by Gasteiger charge is 2.20. The number of urea groups is 1. The van der Waals surface area contributed by atoms with Crippen molar-refractivity contribution in [2.45, 2.75) is 17.6 Å². The van der Waals surface area contributed by atoms with Gasteiger partial charge in [-0.05, 0) is 66.4 Å². The molecule has 0 saturated carbocycles. The Morgan fingerprint density at radius 2 is 1.86 bits per heavy atom. The zero-order chi connectivity index (χ0) is 25.2. The molecule has 4 rings (SSSR count). The molecule has 0 aliphatic carbocycles. The fourth-order valence-corrected chi connectivity index (χ4v) is 5.76. The van der Waals surface area contributed by atoms with Gasteiger partial charge in [0.1, 0.15) is 10.0 Å². The van der Waals surface area contributed by atoms with Gasteiger partial charge >= 0.3 is 6.03 Å². The zero-order valence-corrected chi connectivity index (χ0v) is 20.7. The standard InChI is InChI=1S/C23H20ClFN4O4S2/c1-2-10-26-15-3-5-17-14(12-15)9-11-29(22(17)30)19-6-4-16(13-18(19)25)27-23(31)28-35(32,33)21-8-7-20(24)34-21/h3-9,11-13,26H,2,10H2,1H3,(H2,27,28,31). The first-order chi connectivity index (χ1) is 16.7. The van der Waals surface area contributed by atoms with Gasteiger partial charge in [-0.15, -0.1) is 11.3 Å². The smallest absolute Gasteiger partial charge is 0.333 e. The van der Waals surface area contributed by atoms with E-state index in [2.05, 4.69) is 17.6 Å². The van der Waals surface area contributed by atoms with Crippen molar-refractivity contribution in [3.05, 3.63) is 81.3 Å². The molecule has 3 N–H and O–H groups in total. The van der Waals surface area contributed by atoms with Crippen LogP contribution in [0.25, 0.3) is 16.5 Å². The number of carbonyl (C=O) groups excluding carboxylic acids is 1. The molecule has 4 aromatic rings. The fraction of sp³-hybridized carbons (Fsp3) is 0.130. The van der Waals surface area contributed by atoms with Crippen LogP contribution in [0.3, 0.4) is 0 Å². The van der Waals surface area contributed by atoms with Gasteiger partial charge < -0.3 is 10.6 Å². The second-order valence-electron chi connectivity index (χ2n) is 7.50. The summed E-state index contributed by atoms with van der Waals surface area (Å²) >= 11 is 6.53. The third-order valence-electron chi connectivity index (χ3n) is 4.99. The zero-order valence-electron chi connectivity index (χ0n) is 18.3. The van der Waals surface area contributed by atoms with Gasteiger partial charge in [-0.2, -0.15) is 0 Å². The van der Waals surface area contributed by atoms with E-state index >= 15 is 0 Å². The second kappa shape index (κ2) is 10.1. The van der Waals surface area contributed by atoms with E-state index in [-0.39, 0.29) is 19.9 Å². The minimum absolute atomic E-state index is 0.00337. The third-order valence-corrected chi connectivity index (χ3v) is 8.04. The van der Waals surface area contributed by atoms with E-state index in [1.165, 1.54) is 35.0 Å². The minimum atomic E-state index is -4.13. The number of nitrogens with zero attached hydrogens (tertiary/aromatic N) is 1. The number of nitrogens with one attached hydrogen (secondary N) is 3. The maximum Gasteiger partial charge on any atom is 0.333 e. The van der Waals surface area contributed by atoms with Crippen molar-refractivity contribution in [2.75, 3.05) is 17.2 Å².